The summed E-state index contributed by atoms with van der Waals surface area (Å²) in [6.45, 7) is 7.34. The quantitative estimate of drug-likeness (QED) is 0.763. The monoisotopic (exact) mass is 303 g/mol. The summed E-state index contributed by atoms with van der Waals surface area (Å²) in [6.07, 6.45) is 0. The molecule has 0 amide bonds. The fraction of sp³-hybridized carbons (Fsp3) is 0.333. The lowest BCUT2D eigenvalue weighted by Gasteiger charge is -2.20. The second kappa shape index (κ2) is 7.62. The lowest BCUT2D eigenvalue weighted by molar-refractivity contribution is 0.603. The van der Waals surface area contributed by atoms with Gasteiger partial charge >= 0.3 is 0 Å². The van der Waals surface area contributed by atoms with Crippen molar-refractivity contribution < 1.29 is 4.39 Å². The summed E-state index contributed by atoms with van der Waals surface area (Å²) in [6, 6.07) is 13.6. The number of nitrogens with one attached hydrogen (secondary N) is 1. The van der Waals surface area contributed by atoms with Crippen LogP contribution in [-0.4, -0.2) is 12.3 Å². The maximum Gasteiger partial charge on any atom is 0.123 e. The van der Waals surface area contributed by atoms with E-state index in [1.54, 1.807) is 11.8 Å². The minimum atomic E-state index is -0.183. The molecule has 2 rings (SSSR count). The van der Waals surface area contributed by atoms with Crippen LogP contribution in [0.25, 0.3) is 0 Å². The molecular weight excluding hydrogens is 281 g/mol. The molecule has 0 bridgehead atoms. The smallest absolute Gasteiger partial charge is 0.123 e. The van der Waals surface area contributed by atoms with Gasteiger partial charge in [0.25, 0.3) is 0 Å². The first-order valence-corrected chi connectivity index (χ1v) is 8.27. The van der Waals surface area contributed by atoms with Crippen molar-refractivity contribution in [2.24, 2.45) is 0 Å². The number of rotatable bonds is 6. The Balaban J connectivity index is 2.09. The molecule has 1 atom stereocenters. The summed E-state index contributed by atoms with van der Waals surface area (Å²) in [5.74, 6) is 0.751. The normalized spacial score (nSPS) is 12.4. The van der Waals surface area contributed by atoms with Gasteiger partial charge in [-0.05, 0) is 55.8 Å². The molecule has 0 aliphatic rings. The molecule has 1 unspecified atom stereocenters. The van der Waals surface area contributed by atoms with Crippen molar-refractivity contribution in [1.82, 2.24) is 5.32 Å². The van der Waals surface area contributed by atoms with Crippen LogP contribution >= 0.6 is 11.8 Å². The second-order valence-corrected chi connectivity index (χ2v) is 6.33. The van der Waals surface area contributed by atoms with Gasteiger partial charge in [-0.1, -0.05) is 30.7 Å². The van der Waals surface area contributed by atoms with Crippen molar-refractivity contribution in [2.75, 3.05) is 12.3 Å². The van der Waals surface area contributed by atoms with E-state index in [0.717, 1.165) is 17.2 Å². The van der Waals surface area contributed by atoms with E-state index in [0.29, 0.717) is 6.04 Å². The molecule has 0 saturated carbocycles. The van der Waals surface area contributed by atoms with Crippen molar-refractivity contribution in [2.45, 2.75) is 31.7 Å². The molecule has 1 nitrogen and oxygen atoms in total. The van der Waals surface area contributed by atoms with Crippen LogP contribution < -0.4 is 5.32 Å². The van der Waals surface area contributed by atoms with Crippen molar-refractivity contribution in [3.63, 3.8) is 0 Å². The number of benzene rings is 2. The zero-order valence-corrected chi connectivity index (χ0v) is 13.6. The van der Waals surface area contributed by atoms with Gasteiger partial charge in [-0.2, -0.15) is 0 Å². The summed E-state index contributed by atoms with van der Waals surface area (Å²) < 4.78 is 12.9. The summed E-state index contributed by atoms with van der Waals surface area (Å²) in [4.78, 5) is 1.10. The number of thioether (sulfide) groups is 1. The Labute approximate surface area is 131 Å². The molecule has 1 N–H and O–H groups in total. The molecule has 0 aromatic heterocycles. The molecule has 0 spiro atoms. The first-order chi connectivity index (χ1) is 10.1. The summed E-state index contributed by atoms with van der Waals surface area (Å²) in [7, 11) is 0. The second-order valence-electron chi connectivity index (χ2n) is 5.24. The van der Waals surface area contributed by atoms with Gasteiger partial charge in [-0.15, -0.1) is 11.8 Å². The first-order valence-electron chi connectivity index (χ1n) is 7.29. The lowest BCUT2D eigenvalue weighted by atomic mass is 10.0. The van der Waals surface area contributed by atoms with Gasteiger partial charge in [0.15, 0.2) is 0 Å². The summed E-state index contributed by atoms with van der Waals surface area (Å²) >= 11 is 1.76. The van der Waals surface area contributed by atoms with E-state index in [1.165, 1.54) is 28.8 Å². The van der Waals surface area contributed by atoms with Gasteiger partial charge < -0.3 is 5.32 Å². The molecule has 2 aromatic rings. The molecule has 0 heterocycles. The van der Waals surface area contributed by atoms with Crippen LogP contribution in [0.5, 0.6) is 0 Å². The number of hydrogen-bond donors (Lipinski definition) is 1. The topological polar surface area (TPSA) is 12.0 Å². The Kier molecular flexibility index (Phi) is 5.83. The Hall–Kier alpha value is -1.32. The molecule has 21 heavy (non-hydrogen) atoms. The third kappa shape index (κ3) is 4.58. The highest BCUT2D eigenvalue weighted by atomic mass is 32.2. The average molecular weight is 303 g/mol. The Morgan fingerprint density at radius 3 is 2.43 bits per heavy atom. The van der Waals surface area contributed by atoms with E-state index in [-0.39, 0.29) is 5.82 Å². The van der Waals surface area contributed by atoms with E-state index >= 15 is 0 Å². The van der Waals surface area contributed by atoms with E-state index in [2.05, 4.69) is 44.3 Å². The zero-order valence-electron chi connectivity index (χ0n) is 12.8. The van der Waals surface area contributed by atoms with Crippen molar-refractivity contribution >= 4 is 11.8 Å². The molecule has 3 heteroatoms. The third-order valence-electron chi connectivity index (χ3n) is 3.48. The van der Waals surface area contributed by atoms with Crippen LogP contribution in [0.3, 0.4) is 0 Å². The average Bonchev–Trinajstić information content (AvgIpc) is 2.46. The Bertz CT molecular complexity index is 580. The third-order valence-corrected chi connectivity index (χ3v) is 4.59. The van der Waals surface area contributed by atoms with Crippen LogP contribution in [0.2, 0.25) is 0 Å². The van der Waals surface area contributed by atoms with Crippen LogP contribution in [0.4, 0.5) is 4.39 Å². The van der Waals surface area contributed by atoms with Gasteiger partial charge in [0.05, 0.1) is 0 Å². The minimum absolute atomic E-state index is 0.183. The van der Waals surface area contributed by atoms with Crippen molar-refractivity contribution in [1.29, 1.82) is 0 Å². The van der Waals surface area contributed by atoms with Crippen molar-refractivity contribution in [3.8, 4) is 0 Å². The minimum Gasteiger partial charge on any atom is -0.309 e. The van der Waals surface area contributed by atoms with E-state index < -0.39 is 0 Å². The number of aryl methyl sites for hydroxylation is 2. The Morgan fingerprint density at radius 1 is 1.10 bits per heavy atom. The molecule has 112 valence electrons. The fourth-order valence-electron chi connectivity index (χ4n) is 2.43. The highest BCUT2D eigenvalue weighted by Gasteiger charge is 2.13. The van der Waals surface area contributed by atoms with E-state index in [4.69, 9.17) is 0 Å². The maximum absolute atomic E-state index is 12.9. The van der Waals surface area contributed by atoms with Gasteiger partial charge in [0, 0.05) is 16.7 Å². The van der Waals surface area contributed by atoms with Gasteiger partial charge in [0.2, 0.25) is 0 Å². The predicted molar refractivity (Wildman–Crippen MR) is 89.5 cm³/mol. The molecule has 0 aliphatic carbocycles. The first kappa shape index (κ1) is 16.1. The van der Waals surface area contributed by atoms with E-state index in [9.17, 15) is 4.39 Å². The van der Waals surface area contributed by atoms with Gasteiger partial charge in [-0.25, -0.2) is 4.39 Å². The Morgan fingerprint density at radius 2 is 1.81 bits per heavy atom. The van der Waals surface area contributed by atoms with Crippen LogP contribution in [0, 0.1) is 19.7 Å². The molecule has 0 saturated heterocycles. The lowest BCUT2D eigenvalue weighted by Crippen LogP contribution is -2.23. The SMILES string of the molecule is CCNC(CSc1ccc(F)cc1)c1ccc(C)cc1C. The number of hydrogen-bond acceptors (Lipinski definition) is 2. The maximum atomic E-state index is 12.9. The summed E-state index contributed by atoms with van der Waals surface area (Å²) in [5, 5.41) is 3.55. The molecular formula is C18H22FNS. The zero-order chi connectivity index (χ0) is 15.2. The predicted octanol–water partition coefficient (Wildman–Crippen LogP) is 4.89. The van der Waals surface area contributed by atoms with Crippen LogP contribution in [0.1, 0.15) is 29.7 Å². The molecule has 0 radical (unpaired) electrons. The summed E-state index contributed by atoms with van der Waals surface area (Å²) in [5.41, 5.74) is 3.95. The molecule has 0 fully saturated rings. The van der Waals surface area contributed by atoms with Crippen LogP contribution in [-0.2, 0) is 0 Å². The van der Waals surface area contributed by atoms with Crippen molar-refractivity contribution in [3.05, 3.63) is 65.0 Å². The van der Waals surface area contributed by atoms with E-state index in [1.807, 2.05) is 12.1 Å². The van der Waals surface area contributed by atoms with Gasteiger partial charge in [-0.3, -0.25) is 0 Å². The number of halogens is 1. The highest BCUT2D eigenvalue weighted by molar-refractivity contribution is 7.99. The largest absolute Gasteiger partial charge is 0.309 e. The highest BCUT2D eigenvalue weighted by Crippen LogP contribution is 2.27. The molecule has 2 aromatic carbocycles. The standard InChI is InChI=1S/C18H22FNS/c1-4-20-18(17-10-5-13(2)11-14(17)3)12-21-16-8-6-15(19)7-9-16/h5-11,18,20H,4,12H2,1-3H3. The fourth-order valence-corrected chi connectivity index (χ4v) is 3.42. The van der Waals surface area contributed by atoms with Crippen LogP contribution in [0.15, 0.2) is 47.4 Å². The van der Waals surface area contributed by atoms with Gasteiger partial charge in [0.1, 0.15) is 5.82 Å². The molecule has 0 aliphatic heterocycles.